The fourth-order valence-corrected chi connectivity index (χ4v) is 3.91. The van der Waals surface area contributed by atoms with Crippen molar-refractivity contribution in [1.29, 1.82) is 0 Å². The first-order valence-corrected chi connectivity index (χ1v) is 11.3. The standard InChI is InChI=1S/C23H28N4O2S/c1-4-17-11-13-19(14-12-17)29-15-21-25-26-23(27(21)6-3)30-16-22(28)24-20-10-8-7-9-18(20)5-2/h7-14H,4-6,15-16H2,1-3H3,(H,24,28). The molecule has 0 spiro atoms. The number of benzene rings is 2. The number of para-hydroxylation sites is 1. The molecule has 0 aliphatic heterocycles. The smallest absolute Gasteiger partial charge is 0.234 e. The van der Waals surface area contributed by atoms with Crippen LogP contribution in [0.25, 0.3) is 0 Å². The first kappa shape index (κ1) is 21.9. The number of nitrogens with one attached hydrogen (secondary N) is 1. The molecule has 0 aliphatic carbocycles. The SMILES string of the molecule is CCc1ccc(OCc2nnc(SCC(=O)Nc3ccccc3CC)n2CC)cc1. The van der Waals surface area contributed by atoms with Crippen molar-refractivity contribution >= 4 is 23.4 Å². The van der Waals surface area contributed by atoms with Gasteiger partial charge in [-0.3, -0.25) is 4.79 Å². The molecule has 1 amide bonds. The first-order valence-electron chi connectivity index (χ1n) is 10.3. The predicted octanol–water partition coefficient (Wildman–Crippen LogP) is 4.73. The molecule has 1 heterocycles. The van der Waals surface area contributed by atoms with Crippen molar-refractivity contribution in [3.63, 3.8) is 0 Å². The van der Waals surface area contributed by atoms with E-state index in [-0.39, 0.29) is 11.7 Å². The van der Waals surface area contributed by atoms with Gasteiger partial charge in [0.15, 0.2) is 11.0 Å². The number of nitrogens with zero attached hydrogens (tertiary/aromatic N) is 3. The van der Waals surface area contributed by atoms with Gasteiger partial charge in [0.1, 0.15) is 12.4 Å². The lowest BCUT2D eigenvalue weighted by atomic mass is 10.1. The van der Waals surface area contributed by atoms with E-state index in [0.717, 1.165) is 40.8 Å². The molecule has 0 unspecified atom stereocenters. The van der Waals surface area contributed by atoms with Crippen molar-refractivity contribution in [3.8, 4) is 5.75 Å². The molecule has 0 bridgehead atoms. The molecule has 3 aromatic rings. The molecule has 1 aromatic heterocycles. The summed E-state index contributed by atoms with van der Waals surface area (Å²) in [6, 6.07) is 15.9. The Bertz CT molecular complexity index is 970. The topological polar surface area (TPSA) is 69.0 Å². The molecule has 6 nitrogen and oxygen atoms in total. The van der Waals surface area contributed by atoms with E-state index in [9.17, 15) is 4.79 Å². The fraction of sp³-hybridized carbons (Fsp3) is 0.348. The zero-order chi connectivity index (χ0) is 21.3. The van der Waals surface area contributed by atoms with E-state index in [1.807, 2.05) is 47.9 Å². The minimum Gasteiger partial charge on any atom is -0.486 e. The van der Waals surface area contributed by atoms with Crippen molar-refractivity contribution in [3.05, 3.63) is 65.5 Å². The Kier molecular flexibility index (Phi) is 7.90. The van der Waals surface area contributed by atoms with Crippen molar-refractivity contribution in [2.75, 3.05) is 11.1 Å². The number of aromatic nitrogens is 3. The second-order valence-corrected chi connectivity index (χ2v) is 7.72. The summed E-state index contributed by atoms with van der Waals surface area (Å²) in [7, 11) is 0. The van der Waals surface area contributed by atoms with Gasteiger partial charge >= 0.3 is 0 Å². The molecular formula is C23H28N4O2S. The number of hydrogen-bond acceptors (Lipinski definition) is 5. The summed E-state index contributed by atoms with van der Waals surface area (Å²) in [6.07, 6.45) is 1.88. The highest BCUT2D eigenvalue weighted by Gasteiger charge is 2.14. The maximum Gasteiger partial charge on any atom is 0.234 e. The van der Waals surface area contributed by atoms with E-state index in [1.54, 1.807) is 0 Å². The molecule has 0 radical (unpaired) electrons. The molecule has 0 saturated heterocycles. The zero-order valence-corrected chi connectivity index (χ0v) is 18.5. The Morgan fingerprint density at radius 3 is 2.50 bits per heavy atom. The van der Waals surface area contributed by atoms with Crippen LogP contribution in [0, 0.1) is 0 Å². The van der Waals surface area contributed by atoms with E-state index in [2.05, 4.69) is 41.5 Å². The number of rotatable bonds is 10. The molecule has 1 N–H and O–H groups in total. The number of thioether (sulfide) groups is 1. The summed E-state index contributed by atoms with van der Waals surface area (Å²) in [6.45, 7) is 7.28. The van der Waals surface area contributed by atoms with Gasteiger partial charge in [-0.25, -0.2) is 0 Å². The number of carbonyl (C=O) groups is 1. The maximum absolute atomic E-state index is 12.4. The molecule has 0 atom stereocenters. The van der Waals surface area contributed by atoms with Crippen LogP contribution >= 0.6 is 11.8 Å². The highest BCUT2D eigenvalue weighted by atomic mass is 32.2. The van der Waals surface area contributed by atoms with Gasteiger partial charge < -0.3 is 14.6 Å². The van der Waals surface area contributed by atoms with Crippen LogP contribution in [0.5, 0.6) is 5.75 Å². The number of anilines is 1. The van der Waals surface area contributed by atoms with Crippen LogP contribution in [0.1, 0.15) is 37.7 Å². The predicted molar refractivity (Wildman–Crippen MR) is 121 cm³/mol. The van der Waals surface area contributed by atoms with Gasteiger partial charge in [0.25, 0.3) is 0 Å². The van der Waals surface area contributed by atoms with Gasteiger partial charge in [-0.05, 0) is 49.1 Å². The Morgan fingerprint density at radius 1 is 1.03 bits per heavy atom. The van der Waals surface area contributed by atoms with Crippen LogP contribution < -0.4 is 10.1 Å². The number of ether oxygens (including phenoxy) is 1. The lowest BCUT2D eigenvalue weighted by Gasteiger charge is -2.10. The van der Waals surface area contributed by atoms with Gasteiger partial charge in [-0.15, -0.1) is 10.2 Å². The largest absolute Gasteiger partial charge is 0.486 e. The lowest BCUT2D eigenvalue weighted by molar-refractivity contribution is -0.113. The molecule has 3 rings (SSSR count). The number of hydrogen-bond donors (Lipinski definition) is 1. The van der Waals surface area contributed by atoms with E-state index in [0.29, 0.717) is 13.2 Å². The summed E-state index contributed by atoms with van der Waals surface area (Å²) in [5.41, 5.74) is 3.27. The minimum absolute atomic E-state index is 0.0552. The average molecular weight is 425 g/mol. The summed E-state index contributed by atoms with van der Waals surface area (Å²) in [5.74, 6) is 1.77. The Hall–Kier alpha value is -2.80. The highest BCUT2D eigenvalue weighted by Crippen LogP contribution is 2.21. The average Bonchev–Trinajstić information content (AvgIpc) is 3.18. The van der Waals surface area contributed by atoms with Crippen molar-refractivity contribution in [1.82, 2.24) is 14.8 Å². The quantitative estimate of drug-likeness (QED) is 0.477. The summed E-state index contributed by atoms with van der Waals surface area (Å²) in [4.78, 5) is 12.4. The van der Waals surface area contributed by atoms with Gasteiger partial charge in [-0.1, -0.05) is 55.9 Å². The van der Waals surface area contributed by atoms with Crippen molar-refractivity contribution in [2.24, 2.45) is 0 Å². The summed E-state index contributed by atoms with van der Waals surface area (Å²) in [5, 5.41) is 12.2. The number of carbonyl (C=O) groups excluding carboxylic acids is 1. The molecule has 30 heavy (non-hydrogen) atoms. The van der Waals surface area contributed by atoms with Crippen LogP contribution in [0.4, 0.5) is 5.69 Å². The van der Waals surface area contributed by atoms with E-state index >= 15 is 0 Å². The Balaban J connectivity index is 1.57. The number of aryl methyl sites for hydroxylation is 2. The van der Waals surface area contributed by atoms with Crippen molar-refractivity contribution < 1.29 is 9.53 Å². The minimum atomic E-state index is -0.0552. The monoisotopic (exact) mass is 424 g/mol. The molecule has 2 aromatic carbocycles. The van der Waals surface area contributed by atoms with E-state index < -0.39 is 0 Å². The first-order chi connectivity index (χ1) is 14.6. The highest BCUT2D eigenvalue weighted by molar-refractivity contribution is 7.99. The number of amides is 1. The Morgan fingerprint density at radius 2 is 1.80 bits per heavy atom. The third kappa shape index (κ3) is 5.63. The molecular weight excluding hydrogens is 396 g/mol. The van der Waals surface area contributed by atoms with Crippen LogP contribution in [0.15, 0.2) is 53.7 Å². The van der Waals surface area contributed by atoms with E-state index in [1.165, 1.54) is 17.3 Å². The van der Waals surface area contributed by atoms with Crippen molar-refractivity contribution in [2.45, 2.75) is 51.9 Å². The zero-order valence-electron chi connectivity index (χ0n) is 17.7. The molecule has 0 saturated carbocycles. The van der Waals surface area contributed by atoms with Crippen LogP contribution in [-0.4, -0.2) is 26.4 Å². The van der Waals surface area contributed by atoms with Gasteiger partial charge in [0.2, 0.25) is 5.91 Å². The molecule has 158 valence electrons. The normalized spacial score (nSPS) is 10.8. The van der Waals surface area contributed by atoms with Crippen LogP contribution in [0.3, 0.4) is 0 Å². The van der Waals surface area contributed by atoms with Gasteiger partial charge in [0, 0.05) is 12.2 Å². The fourth-order valence-electron chi connectivity index (χ4n) is 3.09. The van der Waals surface area contributed by atoms with E-state index in [4.69, 9.17) is 4.74 Å². The van der Waals surface area contributed by atoms with Gasteiger partial charge in [0.05, 0.1) is 5.75 Å². The van der Waals surface area contributed by atoms with Gasteiger partial charge in [-0.2, -0.15) is 0 Å². The van der Waals surface area contributed by atoms with Crippen LogP contribution in [0.2, 0.25) is 0 Å². The summed E-state index contributed by atoms with van der Waals surface area (Å²) < 4.78 is 7.85. The molecule has 0 aliphatic rings. The lowest BCUT2D eigenvalue weighted by Crippen LogP contribution is -2.16. The Labute approximate surface area is 182 Å². The third-order valence-corrected chi connectivity index (χ3v) is 5.78. The maximum atomic E-state index is 12.4. The second-order valence-electron chi connectivity index (χ2n) is 6.78. The summed E-state index contributed by atoms with van der Waals surface area (Å²) >= 11 is 1.38. The molecule has 0 fully saturated rings. The van der Waals surface area contributed by atoms with Crippen LogP contribution in [-0.2, 0) is 30.8 Å². The second kappa shape index (κ2) is 10.8. The third-order valence-electron chi connectivity index (χ3n) is 4.81. The molecule has 7 heteroatoms.